The van der Waals surface area contributed by atoms with E-state index in [1.54, 1.807) is 30.6 Å². The minimum Gasteiger partial charge on any atom is -0.398 e. The summed E-state index contributed by atoms with van der Waals surface area (Å²) in [6.07, 6.45) is 3.26. The van der Waals surface area contributed by atoms with Crippen LogP contribution >= 0.6 is 15.9 Å². The number of rotatable bonds is 3. The van der Waals surface area contributed by atoms with Crippen molar-refractivity contribution in [3.63, 3.8) is 0 Å². The summed E-state index contributed by atoms with van der Waals surface area (Å²) in [6, 6.07) is 7.02. The van der Waals surface area contributed by atoms with Gasteiger partial charge < -0.3 is 5.73 Å². The van der Waals surface area contributed by atoms with Gasteiger partial charge in [0, 0.05) is 22.6 Å². The van der Waals surface area contributed by atoms with E-state index in [9.17, 15) is 4.21 Å². The first-order valence-corrected chi connectivity index (χ1v) is 6.97. The Morgan fingerprint density at radius 1 is 1.29 bits per heavy atom. The van der Waals surface area contributed by atoms with Gasteiger partial charge in [0.15, 0.2) is 0 Å². The molecule has 2 rings (SSSR count). The Labute approximate surface area is 110 Å². The number of benzene rings is 1. The van der Waals surface area contributed by atoms with Crippen LogP contribution in [0.1, 0.15) is 5.82 Å². The van der Waals surface area contributed by atoms with Gasteiger partial charge in [0.25, 0.3) is 0 Å². The molecule has 0 saturated heterocycles. The maximum atomic E-state index is 12.1. The molecule has 2 N–H and O–H groups in total. The third-order valence-corrected chi connectivity index (χ3v) is 3.96. The van der Waals surface area contributed by atoms with E-state index in [0.717, 1.165) is 4.47 Å². The Kier molecular flexibility index (Phi) is 3.86. The molecule has 0 aliphatic rings. The highest BCUT2D eigenvalue weighted by atomic mass is 79.9. The number of hydrogen-bond donors (Lipinski definition) is 1. The van der Waals surface area contributed by atoms with E-state index in [1.807, 2.05) is 6.07 Å². The van der Waals surface area contributed by atoms with Crippen LogP contribution in [0.2, 0.25) is 0 Å². The number of halogens is 1. The molecule has 1 aromatic carbocycles. The summed E-state index contributed by atoms with van der Waals surface area (Å²) in [4.78, 5) is 8.68. The van der Waals surface area contributed by atoms with Crippen LogP contribution in [-0.4, -0.2) is 14.2 Å². The van der Waals surface area contributed by atoms with Crippen molar-refractivity contribution in [1.82, 2.24) is 9.97 Å². The van der Waals surface area contributed by atoms with Crippen LogP contribution < -0.4 is 5.73 Å². The number of aromatic nitrogens is 2. The molecule has 0 bridgehead atoms. The van der Waals surface area contributed by atoms with Gasteiger partial charge in [-0.1, -0.05) is 15.9 Å². The lowest BCUT2D eigenvalue weighted by atomic mass is 10.3. The summed E-state index contributed by atoms with van der Waals surface area (Å²) >= 11 is 3.33. The van der Waals surface area contributed by atoms with E-state index in [4.69, 9.17) is 5.73 Å². The molecular formula is C11H10BrN3OS. The molecular weight excluding hydrogens is 302 g/mol. The van der Waals surface area contributed by atoms with Crippen LogP contribution in [0.15, 0.2) is 46.0 Å². The molecule has 0 aliphatic heterocycles. The fourth-order valence-electron chi connectivity index (χ4n) is 1.30. The second kappa shape index (κ2) is 5.37. The van der Waals surface area contributed by atoms with Crippen molar-refractivity contribution in [3.05, 3.63) is 47.0 Å². The molecule has 1 atom stereocenters. The number of nitrogens with zero attached hydrogens (tertiary/aromatic N) is 2. The summed E-state index contributed by atoms with van der Waals surface area (Å²) < 4.78 is 13.0. The van der Waals surface area contributed by atoms with E-state index in [0.29, 0.717) is 16.4 Å². The number of nitrogen functional groups attached to an aromatic ring is 1. The van der Waals surface area contributed by atoms with Gasteiger partial charge in [-0.05, 0) is 24.3 Å². The summed E-state index contributed by atoms with van der Waals surface area (Å²) in [5.74, 6) is 0.812. The van der Waals surface area contributed by atoms with Gasteiger partial charge in [-0.2, -0.15) is 0 Å². The molecule has 2 aromatic rings. The number of anilines is 1. The van der Waals surface area contributed by atoms with Crippen LogP contribution in [0.5, 0.6) is 0 Å². The van der Waals surface area contributed by atoms with E-state index in [-0.39, 0.29) is 5.75 Å². The first-order chi connectivity index (χ1) is 8.16. The predicted molar refractivity (Wildman–Crippen MR) is 70.7 cm³/mol. The van der Waals surface area contributed by atoms with Crippen LogP contribution in [0.3, 0.4) is 0 Å². The minimum absolute atomic E-state index is 0.265. The van der Waals surface area contributed by atoms with Crippen molar-refractivity contribution in [2.45, 2.75) is 10.6 Å². The Hall–Kier alpha value is -1.27. The van der Waals surface area contributed by atoms with Crippen LogP contribution in [0.25, 0.3) is 0 Å². The molecule has 1 heterocycles. The normalized spacial score (nSPS) is 12.3. The lowest BCUT2D eigenvalue weighted by Crippen LogP contribution is -2.03. The largest absolute Gasteiger partial charge is 0.398 e. The third-order valence-electron chi connectivity index (χ3n) is 2.10. The number of hydrogen-bond acceptors (Lipinski definition) is 4. The van der Waals surface area contributed by atoms with E-state index < -0.39 is 10.8 Å². The molecule has 0 radical (unpaired) electrons. The quantitative estimate of drug-likeness (QED) is 0.882. The van der Waals surface area contributed by atoms with Crippen LogP contribution in [-0.2, 0) is 16.6 Å². The van der Waals surface area contributed by atoms with Gasteiger partial charge in [0.2, 0.25) is 0 Å². The SMILES string of the molecule is Nc1ccc(Br)cc1S(=O)Cc1ncccn1. The van der Waals surface area contributed by atoms with Crippen LogP contribution in [0.4, 0.5) is 5.69 Å². The second-order valence-corrected chi connectivity index (χ2v) is 5.67. The van der Waals surface area contributed by atoms with Crippen LogP contribution in [0, 0.1) is 0 Å². The van der Waals surface area contributed by atoms with E-state index in [2.05, 4.69) is 25.9 Å². The average molecular weight is 312 g/mol. The monoisotopic (exact) mass is 311 g/mol. The molecule has 6 heteroatoms. The lowest BCUT2D eigenvalue weighted by molar-refractivity contribution is 0.681. The lowest BCUT2D eigenvalue weighted by Gasteiger charge is -2.05. The Morgan fingerprint density at radius 3 is 2.71 bits per heavy atom. The second-order valence-electron chi connectivity index (χ2n) is 3.34. The standard InChI is InChI=1S/C11H10BrN3OS/c12-8-2-3-9(13)10(6-8)17(16)7-11-14-4-1-5-15-11/h1-6H,7,13H2. The highest BCUT2D eigenvalue weighted by Gasteiger charge is 2.10. The fraction of sp³-hybridized carbons (Fsp3) is 0.0909. The summed E-state index contributed by atoms with van der Waals surface area (Å²) in [5.41, 5.74) is 6.31. The molecule has 0 fully saturated rings. The Bertz CT molecular complexity index is 548. The van der Waals surface area contributed by atoms with Gasteiger partial charge in [0.1, 0.15) is 5.82 Å². The van der Waals surface area contributed by atoms with Crippen molar-refractivity contribution in [2.24, 2.45) is 0 Å². The maximum Gasteiger partial charge on any atom is 0.141 e. The molecule has 4 nitrogen and oxygen atoms in total. The molecule has 0 saturated carbocycles. The smallest absolute Gasteiger partial charge is 0.141 e. The third kappa shape index (κ3) is 3.10. The average Bonchev–Trinajstić information content (AvgIpc) is 2.33. The number of nitrogens with two attached hydrogens (primary N) is 1. The molecule has 17 heavy (non-hydrogen) atoms. The highest BCUT2D eigenvalue weighted by Crippen LogP contribution is 2.22. The van der Waals surface area contributed by atoms with Gasteiger partial charge >= 0.3 is 0 Å². The van der Waals surface area contributed by atoms with Crippen molar-refractivity contribution < 1.29 is 4.21 Å². The Morgan fingerprint density at radius 2 is 2.00 bits per heavy atom. The predicted octanol–water partition coefficient (Wildman–Crippen LogP) is 2.13. The topological polar surface area (TPSA) is 68.9 Å². The van der Waals surface area contributed by atoms with Gasteiger partial charge in [-0.15, -0.1) is 0 Å². The zero-order valence-corrected chi connectivity index (χ0v) is 11.2. The van der Waals surface area contributed by atoms with E-state index >= 15 is 0 Å². The first-order valence-electron chi connectivity index (χ1n) is 4.86. The van der Waals surface area contributed by atoms with Gasteiger partial charge in [-0.25, -0.2) is 9.97 Å². The van der Waals surface area contributed by atoms with Crippen molar-refractivity contribution >= 4 is 32.4 Å². The minimum atomic E-state index is -1.24. The molecule has 0 aliphatic carbocycles. The Balaban J connectivity index is 2.23. The molecule has 0 amide bonds. The van der Waals surface area contributed by atoms with Gasteiger partial charge in [-0.3, -0.25) is 4.21 Å². The highest BCUT2D eigenvalue weighted by molar-refractivity contribution is 9.10. The van der Waals surface area contributed by atoms with Crippen molar-refractivity contribution in [1.29, 1.82) is 0 Å². The summed E-state index contributed by atoms with van der Waals surface area (Å²) in [7, 11) is -1.24. The molecule has 0 spiro atoms. The first kappa shape index (κ1) is 12.2. The summed E-state index contributed by atoms with van der Waals surface area (Å²) in [6.45, 7) is 0. The van der Waals surface area contributed by atoms with Crippen molar-refractivity contribution in [2.75, 3.05) is 5.73 Å². The maximum absolute atomic E-state index is 12.1. The zero-order chi connectivity index (χ0) is 12.3. The fourth-order valence-corrected chi connectivity index (χ4v) is 2.95. The summed E-state index contributed by atoms with van der Waals surface area (Å²) in [5, 5.41) is 0. The molecule has 1 unspecified atom stereocenters. The van der Waals surface area contributed by atoms with Gasteiger partial charge in [0.05, 0.1) is 21.4 Å². The van der Waals surface area contributed by atoms with Crippen molar-refractivity contribution in [3.8, 4) is 0 Å². The molecule has 1 aromatic heterocycles. The van der Waals surface area contributed by atoms with E-state index in [1.165, 1.54) is 0 Å². The molecule has 88 valence electrons. The zero-order valence-electron chi connectivity index (χ0n) is 8.84.